The van der Waals surface area contributed by atoms with Gasteiger partial charge in [0.1, 0.15) is 0 Å². The van der Waals surface area contributed by atoms with Crippen LogP contribution in [0.15, 0.2) is 18.2 Å². The van der Waals surface area contributed by atoms with Gasteiger partial charge in [0.15, 0.2) is 0 Å². The lowest BCUT2D eigenvalue weighted by molar-refractivity contribution is 0.0515. The average Bonchev–Trinajstić information content (AvgIpc) is 2.41. The molecule has 0 heterocycles. The smallest absolute Gasteiger partial charge is 0.0847 e. The summed E-state index contributed by atoms with van der Waals surface area (Å²) in [5, 5.41) is 10.6. The third-order valence-electron chi connectivity index (χ3n) is 3.73. The van der Waals surface area contributed by atoms with Crippen molar-refractivity contribution in [2.45, 2.75) is 37.2 Å². The summed E-state index contributed by atoms with van der Waals surface area (Å²) < 4.78 is 5.41. The van der Waals surface area contributed by atoms with Crippen molar-refractivity contribution >= 4 is 23.2 Å². The summed E-state index contributed by atoms with van der Waals surface area (Å²) in [6, 6.07) is 7.93. The molecular formula is C14H15Cl2NO. The number of benzene rings is 1. The van der Waals surface area contributed by atoms with Crippen LogP contribution in [0.25, 0.3) is 0 Å². The molecule has 1 saturated carbocycles. The third-order valence-corrected chi connectivity index (χ3v) is 4.46. The molecule has 1 aromatic carbocycles. The summed E-state index contributed by atoms with van der Waals surface area (Å²) in [4.78, 5) is 0. The summed E-state index contributed by atoms with van der Waals surface area (Å²) in [6.45, 7) is 0. The number of hydrogen-bond acceptors (Lipinski definition) is 2. The fraction of sp³-hybridized carbons (Fsp3) is 0.500. The molecule has 2 nitrogen and oxygen atoms in total. The van der Waals surface area contributed by atoms with Gasteiger partial charge in [-0.2, -0.15) is 5.26 Å². The molecule has 0 aromatic heterocycles. The maximum absolute atomic E-state index is 9.59. The quantitative estimate of drug-likeness (QED) is 0.809. The minimum atomic E-state index is -0.493. The van der Waals surface area contributed by atoms with E-state index in [-0.39, 0.29) is 6.10 Å². The van der Waals surface area contributed by atoms with Crippen LogP contribution < -0.4 is 0 Å². The molecule has 2 rings (SSSR count). The number of halogens is 2. The highest BCUT2D eigenvalue weighted by Crippen LogP contribution is 2.41. The van der Waals surface area contributed by atoms with Gasteiger partial charge in [0, 0.05) is 7.11 Å². The van der Waals surface area contributed by atoms with Gasteiger partial charge in [-0.25, -0.2) is 0 Å². The first kappa shape index (κ1) is 13.7. The van der Waals surface area contributed by atoms with Crippen LogP contribution in [-0.2, 0) is 10.2 Å². The highest BCUT2D eigenvalue weighted by molar-refractivity contribution is 6.42. The van der Waals surface area contributed by atoms with Crippen molar-refractivity contribution in [1.82, 2.24) is 0 Å². The molecule has 0 bridgehead atoms. The van der Waals surface area contributed by atoms with E-state index in [0.29, 0.717) is 10.0 Å². The standard InChI is InChI=1S/C14H15Cl2NO/c1-18-11-3-2-6-14(8-11,9-17)10-4-5-12(15)13(16)7-10/h4-5,7,11H,2-3,6,8H2,1H3. The molecule has 0 aliphatic heterocycles. The second-order valence-electron chi connectivity index (χ2n) is 4.78. The first-order chi connectivity index (χ1) is 8.61. The maximum atomic E-state index is 9.59. The number of ether oxygens (including phenoxy) is 1. The van der Waals surface area contributed by atoms with E-state index in [1.54, 1.807) is 13.2 Å². The van der Waals surface area contributed by atoms with E-state index in [1.165, 1.54) is 0 Å². The minimum Gasteiger partial charge on any atom is -0.381 e. The molecule has 18 heavy (non-hydrogen) atoms. The summed E-state index contributed by atoms with van der Waals surface area (Å²) in [6.07, 6.45) is 3.72. The van der Waals surface area contributed by atoms with E-state index in [0.717, 1.165) is 31.2 Å². The summed E-state index contributed by atoms with van der Waals surface area (Å²) in [7, 11) is 1.70. The van der Waals surface area contributed by atoms with Gasteiger partial charge < -0.3 is 4.74 Å². The lowest BCUT2D eigenvalue weighted by Gasteiger charge is -2.35. The highest BCUT2D eigenvalue weighted by atomic mass is 35.5. The van der Waals surface area contributed by atoms with Gasteiger partial charge in [-0.1, -0.05) is 29.3 Å². The number of nitriles is 1. The molecular weight excluding hydrogens is 269 g/mol. The summed E-state index contributed by atoms with van der Waals surface area (Å²) in [5.74, 6) is 0. The van der Waals surface area contributed by atoms with E-state index in [1.807, 2.05) is 12.1 Å². The van der Waals surface area contributed by atoms with E-state index in [9.17, 15) is 5.26 Å². The Bertz CT molecular complexity index is 483. The second-order valence-corrected chi connectivity index (χ2v) is 5.59. The van der Waals surface area contributed by atoms with Crippen molar-refractivity contribution in [3.8, 4) is 6.07 Å². The third kappa shape index (κ3) is 2.49. The van der Waals surface area contributed by atoms with Gasteiger partial charge in [0.05, 0.1) is 27.6 Å². The van der Waals surface area contributed by atoms with Crippen molar-refractivity contribution < 1.29 is 4.74 Å². The van der Waals surface area contributed by atoms with Gasteiger partial charge in [-0.15, -0.1) is 0 Å². The maximum Gasteiger partial charge on any atom is 0.0847 e. The molecule has 0 radical (unpaired) electrons. The summed E-state index contributed by atoms with van der Waals surface area (Å²) >= 11 is 12.0. The first-order valence-corrected chi connectivity index (χ1v) is 6.76. The van der Waals surface area contributed by atoms with Crippen molar-refractivity contribution in [2.75, 3.05) is 7.11 Å². The molecule has 1 aliphatic carbocycles. The zero-order valence-corrected chi connectivity index (χ0v) is 11.8. The normalized spacial score (nSPS) is 27.8. The van der Waals surface area contributed by atoms with Crippen LogP contribution in [0, 0.1) is 11.3 Å². The van der Waals surface area contributed by atoms with E-state index in [4.69, 9.17) is 27.9 Å². The zero-order valence-electron chi connectivity index (χ0n) is 10.2. The molecule has 2 unspecified atom stereocenters. The lowest BCUT2D eigenvalue weighted by Crippen LogP contribution is -2.34. The minimum absolute atomic E-state index is 0.146. The number of methoxy groups -OCH3 is 1. The molecule has 0 saturated heterocycles. The van der Waals surface area contributed by atoms with Crippen LogP contribution in [0.3, 0.4) is 0 Å². The average molecular weight is 284 g/mol. The van der Waals surface area contributed by atoms with Crippen LogP contribution >= 0.6 is 23.2 Å². The van der Waals surface area contributed by atoms with Crippen LogP contribution in [0.2, 0.25) is 10.0 Å². The Morgan fingerprint density at radius 1 is 1.39 bits per heavy atom. The van der Waals surface area contributed by atoms with Gasteiger partial charge >= 0.3 is 0 Å². The molecule has 2 atom stereocenters. The van der Waals surface area contributed by atoms with Gasteiger partial charge in [0.25, 0.3) is 0 Å². The van der Waals surface area contributed by atoms with Gasteiger partial charge in [-0.3, -0.25) is 0 Å². The molecule has 1 aromatic rings. The molecule has 0 N–H and O–H groups in total. The Balaban J connectivity index is 2.37. The molecule has 4 heteroatoms. The second kappa shape index (κ2) is 5.48. The Hall–Kier alpha value is -0.750. The lowest BCUT2D eigenvalue weighted by atomic mass is 9.69. The Morgan fingerprint density at radius 2 is 2.17 bits per heavy atom. The monoisotopic (exact) mass is 283 g/mol. The van der Waals surface area contributed by atoms with Crippen LogP contribution in [-0.4, -0.2) is 13.2 Å². The number of rotatable bonds is 2. The van der Waals surface area contributed by atoms with Crippen molar-refractivity contribution in [2.24, 2.45) is 0 Å². The fourth-order valence-corrected chi connectivity index (χ4v) is 2.95. The Labute approximate surface area is 117 Å². The zero-order chi connectivity index (χ0) is 13.2. The largest absolute Gasteiger partial charge is 0.381 e. The van der Waals surface area contributed by atoms with Gasteiger partial charge in [-0.05, 0) is 43.4 Å². The SMILES string of the molecule is COC1CCCC(C#N)(c2ccc(Cl)c(Cl)c2)C1. The Morgan fingerprint density at radius 3 is 2.78 bits per heavy atom. The van der Waals surface area contributed by atoms with E-state index < -0.39 is 5.41 Å². The first-order valence-electron chi connectivity index (χ1n) is 6.01. The van der Waals surface area contributed by atoms with Crippen LogP contribution in [0.1, 0.15) is 31.2 Å². The molecule has 96 valence electrons. The molecule has 1 aliphatic rings. The van der Waals surface area contributed by atoms with Gasteiger partial charge in [0.2, 0.25) is 0 Å². The Kier molecular flexibility index (Phi) is 4.17. The van der Waals surface area contributed by atoms with Crippen LogP contribution in [0.5, 0.6) is 0 Å². The molecule has 0 amide bonds. The highest BCUT2D eigenvalue weighted by Gasteiger charge is 2.38. The van der Waals surface area contributed by atoms with E-state index in [2.05, 4.69) is 6.07 Å². The van der Waals surface area contributed by atoms with Crippen molar-refractivity contribution in [1.29, 1.82) is 5.26 Å². The topological polar surface area (TPSA) is 33.0 Å². The van der Waals surface area contributed by atoms with Crippen molar-refractivity contribution in [3.63, 3.8) is 0 Å². The molecule has 1 fully saturated rings. The van der Waals surface area contributed by atoms with Crippen molar-refractivity contribution in [3.05, 3.63) is 33.8 Å². The van der Waals surface area contributed by atoms with Crippen LogP contribution in [0.4, 0.5) is 0 Å². The fourth-order valence-electron chi connectivity index (χ4n) is 2.65. The van der Waals surface area contributed by atoms with E-state index >= 15 is 0 Å². The molecule has 0 spiro atoms. The predicted molar refractivity (Wildman–Crippen MR) is 73.0 cm³/mol. The number of nitrogens with zero attached hydrogens (tertiary/aromatic N) is 1. The predicted octanol–water partition coefficient (Wildman–Crippen LogP) is 4.34. The summed E-state index contributed by atoms with van der Waals surface area (Å²) in [5.41, 5.74) is 0.453. The number of hydrogen-bond donors (Lipinski definition) is 0.